The first-order chi connectivity index (χ1) is 12.9. The monoisotopic (exact) mass is 406 g/mol. The molecule has 0 radical (unpaired) electrons. The summed E-state index contributed by atoms with van der Waals surface area (Å²) in [7, 11) is 0. The van der Waals surface area contributed by atoms with Gasteiger partial charge in [0.1, 0.15) is 11.6 Å². The van der Waals surface area contributed by atoms with Crippen molar-refractivity contribution in [3.8, 4) is 5.75 Å². The zero-order chi connectivity index (χ0) is 19.1. The topological polar surface area (TPSA) is 96.2 Å². The number of aromatic hydroxyl groups is 1. The third-order valence-electron chi connectivity index (χ3n) is 4.50. The van der Waals surface area contributed by atoms with E-state index < -0.39 is 6.03 Å². The molecule has 8 nitrogen and oxygen atoms in total. The summed E-state index contributed by atoms with van der Waals surface area (Å²) in [5.74, 6) is 0.660. The Labute approximate surface area is 164 Å². The molecule has 4 heterocycles. The zero-order valence-electron chi connectivity index (χ0n) is 14.4. The highest BCUT2D eigenvalue weighted by Crippen LogP contribution is 2.32. The van der Waals surface area contributed by atoms with Crippen LogP contribution in [0.2, 0.25) is 10.2 Å². The lowest BCUT2D eigenvalue weighted by Gasteiger charge is -2.16. The average Bonchev–Trinajstić information content (AvgIpc) is 3.28. The molecule has 3 aromatic rings. The van der Waals surface area contributed by atoms with Gasteiger partial charge < -0.3 is 10.0 Å². The molecule has 1 aliphatic heterocycles. The fraction of sp³-hybridized carbons (Fsp3) is 0.294. The Morgan fingerprint density at radius 2 is 2.00 bits per heavy atom. The Morgan fingerprint density at radius 1 is 1.26 bits per heavy atom. The van der Waals surface area contributed by atoms with Gasteiger partial charge in [-0.25, -0.2) is 14.8 Å². The zero-order valence-corrected chi connectivity index (χ0v) is 15.9. The molecule has 140 valence electrons. The van der Waals surface area contributed by atoms with E-state index in [9.17, 15) is 9.90 Å². The van der Waals surface area contributed by atoms with E-state index in [1.54, 1.807) is 6.20 Å². The van der Waals surface area contributed by atoms with Gasteiger partial charge in [0.25, 0.3) is 0 Å². The SMILES string of the molecule is Cc1nn(C(=O)Nc2cc(Cl)c(O)c(Cl)n2)c2cnc(N3CCCC3)cc12. The molecule has 1 amide bonds. The maximum absolute atomic E-state index is 12.7. The lowest BCUT2D eigenvalue weighted by molar-refractivity contribution is 0.251. The first kappa shape index (κ1) is 17.8. The maximum atomic E-state index is 12.7. The average molecular weight is 407 g/mol. The van der Waals surface area contributed by atoms with Crippen molar-refractivity contribution in [2.75, 3.05) is 23.3 Å². The molecule has 1 saturated heterocycles. The number of fused-ring (bicyclic) bond motifs is 1. The number of nitrogens with one attached hydrogen (secondary N) is 1. The highest BCUT2D eigenvalue weighted by atomic mass is 35.5. The van der Waals surface area contributed by atoms with Crippen molar-refractivity contribution in [2.45, 2.75) is 19.8 Å². The summed E-state index contributed by atoms with van der Waals surface area (Å²) < 4.78 is 1.22. The molecule has 2 N–H and O–H groups in total. The summed E-state index contributed by atoms with van der Waals surface area (Å²) in [6.07, 6.45) is 3.96. The summed E-state index contributed by atoms with van der Waals surface area (Å²) in [5.41, 5.74) is 1.31. The van der Waals surface area contributed by atoms with Gasteiger partial charge in [0, 0.05) is 24.5 Å². The molecule has 0 aromatic carbocycles. The van der Waals surface area contributed by atoms with Crippen molar-refractivity contribution in [1.82, 2.24) is 19.7 Å². The minimum atomic E-state index is -0.533. The van der Waals surface area contributed by atoms with E-state index in [-0.39, 0.29) is 21.7 Å². The second-order valence-electron chi connectivity index (χ2n) is 6.31. The van der Waals surface area contributed by atoms with Crippen molar-refractivity contribution >= 4 is 51.8 Å². The van der Waals surface area contributed by atoms with Gasteiger partial charge in [0.05, 0.1) is 22.4 Å². The minimum absolute atomic E-state index is 0.0104. The number of hydrogen-bond acceptors (Lipinski definition) is 6. The molecule has 4 rings (SSSR count). The molecule has 27 heavy (non-hydrogen) atoms. The van der Waals surface area contributed by atoms with Crippen LogP contribution in [0.25, 0.3) is 10.9 Å². The number of hydrogen-bond donors (Lipinski definition) is 2. The first-order valence-electron chi connectivity index (χ1n) is 8.40. The Morgan fingerprint density at radius 3 is 2.70 bits per heavy atom. The fourth-order valence-electron chi connectivity index (χ4n) is 3.13. The summed E-state index contributed by atoms with van der Waals surface area (Å²) in [6.45, 7) is 3.81. The highest BCUT2D eigenvalue weighted by molar-refractivity contribution is 6.36. The Balaban J connectivity index is 1.66. The first-order valence-corrected chi connectivity index (χ1v) is 9.16. The Hall–Kier alpha value is -2.58. The van der Waals surface area contributed by atoms with E-state index in [0.29, 0.717) is 5.52 Å². The predicted molar refractivity (Wildman–Crippen MR) is 104 cm³/mol. The number of aromatic nitrogens is 4. The van der Waals surface area contributed by atoms with Gasteiger partial charge in [0.15, 0.2) is 10.9 Å². The minimum Gasteiger partial charge on any atom is -0.504 e. The third-order valence-corrected chi connectivity index (χ3v) is 5.05. The third kappa shape index (κ3) is 3.26. The van der Waals surface area contributed by atoms with Crippen LogP contribution in [-0.4, -0.2) is 44.0 Å². The van der Waals surface area contributed by atoms with E-state index in [1.165, 1.54) is 10.7 Å². The van der Waals surface area contributed by atoms with Gasteiger partial charge >= 0.3 is 6.03 Å². The van der Waals surface area contributed by atoms with Gasteiger partial charge in [-0.3, -0.25) is 5.32 Å². The van der Waals surface area contributed by atoms with Crippen LogP contribution in [0, 0.1) is 6.92 Å². The van der Waals surface area contributed by atoms with Crippen LogP contribution in [0.1, 0.15) is 18.5 Å². The number of carbonyl (C=O) groups excluding carboxylic acids is 1. The van der Waals surface area contributed by atoms with Gasteiger partial charge in [-0.15, -0.1) is 0 Å². The molecule has 0 unspecified atom stereocenters. The van der Waals surface area contributed by atoms with E-state index >= 15 is 0 Å². The number of aryl methyl sites for hydroxylation is 1. The van der Waals surface area contributed by atoms with Crippen LogP contribution >= 0.6 is 23.2 Å². The second kappa shape index (κ2) is 6.86. The number of carbonyl (C=O) groups is 1. The molecular weight excluding hydrogens is 391 g/mol. The lowest BCUT2D eigenvalue weighted by Crippen LogP contribution is -2.21. The molecule has 0 saturated carbocycles. The number of amides is 1. The molecule has 10 heteroatoms. The van der Waals surface area contributed by atoms with Crippen molar-refractivity contribution in [3.05, 3.63) is 34.2 Å². The van der Waals surface area contributed by atoms with Crippen LogP contribution in [-0.2, 0) is 0 Å². The molecule has 0 aliphatic carbocycles. The van der Waals surface area contributed by atoms with Gasteiger partial charge in [0.2, 0.25) is 0 Å². The van der Waals surface area contributed by atoms with E-state index in [0.717, 1.165) is 42.8 Å². The molecule has 3 aromatic heterocycles. The van der Waals surface area contributed by atoms with Crippen molar-refractivity contribution < 1.29 is 9.90 Å². The Kier molecular flexibility index (Phi) is 4.53. The largest absolute Gasteiger partial charge is 0.504 e. The predicted octanol–water partition coefficient (Wildman–Crippen LogP) is 3.83. The quantitative estimate of drug-likeness (QED) is 0.627. The van der Waals surface area contributed by atoms with Crippen molar-refractivity contribution in [3.63, 3.8) is 0 Å². The standard InChI is InChI=1S/C17H16Cl2N6O2/c1-9-10-6-14(24-4-2-3-5-24)20-8-12(10)25(23-9)17(27)22-13-7-11(18)15(26)16(19)21-13/h6-8,26H,2-5H2,1H3,(H,21,22,27). The number of pyridine rings is 2. The summed E-state index contributed by atoms with van der Waals surface area (Å²) in [6, 6.07) is 2.73. The lowest BCUT2D eigenvalue weighted by atomic mass is 10.2. The van der Waals surface area contributed by atoms with Gasteiger partial charge in [-0.1, -0.05) is 23.2 Å². The van der Waals surface area contributed by atoms with E-state index in [1.807, 2.05) is 13.0 Å². The van der Waals surface area contributed by atoms with E-state index in [2.05, 4.69) is 25.3 Å². The molecule has 0 spiro atoms. The van der Waals surface area contributed by atoms with Crippen LogP contribution in [0.15, 0.2) is 18.3 Å². The highest BCUT2D eigenvalue weighted by Gasteiger charge is 2.19. The molecule has 1 fully saturated rings. The van der Waals surface area contributed by atoms with Gasteiger partial charge in [-0.05, 0) is 25.8 Å². The second-order valence-corrected chi connectivity index (χ2v) is 7.08. The molecule has 0 atom stereocenters. The van der Waals surface area contributed by atoms with Crippen LogP contribution < -0.4 is 10.2 Å². The smallest absolute Gasteiger partial charge is 0.348 e. The van der Waals surface area contributed by atoms with Crippen LogP contribution in [0.4, 0.5) is 16.4 Å². The molecule has 1 aliphatic rings. The van der Waals surface area contributed by atoms with Crippen LogP contribution in [0.3, 0.4) is 0 Å². The summed E-state index contributed by atoms with van der Waals surface area (Å²) in [5, 5.41) is 17.1. The van der Waals surface area contributed by atoms with E-state index in [4.69, 9.17) is 23.2 Å². The number of anilines is 2. The van der Waals surface area contributed by atoms with Crippen molar-refractivity contribution in [2.24, 2.45) is 0 Å². The Bertz CT molecular complexity index is 1020. The number of halogens is 2. The van der Waals surface area contributed by atoms with Crippen LogP contribution in [0.5, 0.6) is 5.75 Å². The molecule has 0 bridgehead atoms. The van der Waals surface area contributed by atoms with Gasteiger partial charge in [-0.2, -0.15) is 9.78 Å². The summed E-state index contributed by atoms with van der Waals surface area (Å²) in [4.78, 5) is 23.2. The fourth-order valence-corrected chi connectivity index (χ4v) is 3.57. The maximum Gasteiger partial charge on any atom is 0.348 e. The number of nitrogens with zero attached hydrogens (tertiary/aromatic N) is 5. The summed E-state index contributed by atoms with van der Waals surface area (Å²) >= 11 is 11.7. The van der Waals surface area contributed by atoms with Crippen molar-refractivity contribution in [1.29, 1.82) is 0 Å². The number of rotatable bonds is 2. The molecular formula is C17H16Cl2N6O2. The normalized spacial score (nSPS) is 14.1.